The third-order valence-electron chi connectivity index (χ3n) is 6.46. The zero-order chi connectivity index (χ0) is 26.8. The van der Waals surface area contributed by atoms with Crippen molar-refractivity contribution in [3.05, 3.63) is 35.9 Å². The fourth-order valence-electron chi connectivity index (χ4n) is 4.22. The van der Waals surface area contributed by atoms with Crippen LogP contribution in [0.25, 0.3) is 0 Å². The van der Waals surface area contributed by atoms with Crippen LogP contribution in [0.4, 0.5) is 0 Å². The van der Waals surface area contributed by atoms with Gasteiger partial charge in [0.2, 0.25) is 5.91 Å². The first-order chi connectivity index (χ1) is 17.3. The molecular formula is C28H48N2O6. The highest BCUT2D eigenvalue weighted by Crippen LogP contribution is 2.19. The van der Waals surface area contributed by atoms with Crippen molar-refractivity contribution in [3.63, 3.8) is 0 Å². The van der Waals surface area contributed by atoms with Gasteiger partial charge < -0.3 is 20.6 Å². The highest BCUT2D eigenvalue weighted by molar-refractivity contribution is 5.88. The number of hydrogen-bond acceptors (Lipinski definition) is 6. The first-order valence-electron chi connectivity index (χ1n) is 13.5. The average molecular weight is 509 g/mol. The highest BCUT2D eigenvalue weighted by Gasteiger charge is 2.34. The molecule has 0 heterocycles. The van der Waals surface area contributed by atoms with E-state index in [0.29, 0.717) is 25.7 Å². The van der Waals surface area contributed by atoms with E-state index >= 15 is 0 Å². The summed E-state index contributed by atoms with van der Waals surface area (Å²) in [6.07, 6.45) is 6.08. The second kappa shape index (κ2) is 19.2. The smallest absolute Gasteiger partial charge is 0.273 e. The molecule has 0 unspecified atom stereocenters. The van der Waals surface area contributed by atoms with Crippen molar-refractivity contribution in [2.24, 2.45) is 11.8 Å². The molecule has 36 heavy (non-hydrogen) atoms. The van der Waals surface area contributed by atoms with Gasteiger partial charge in [0.1, 0.15) is 6.10 Å². The number of benzene rings is 1. The standard InChI is InChI=1S/C28H48N2O6/c1-4-5-6-7-8-9-13-17-23(27(34)29-25(21(2)3)24(32)18-14-19-31)26(33)28(35)30-36-20-22-15-11-10-12-16-22/h10-12,15-16,21,23-26,31-33H,4-9,13-14,17-20H2,1-3H3,(H,29,34)(H,30,35)/t23-,24-,25+,26+/m1/s1. The Hall–Kier alpha value is -2.00. The Kier molecular flexibility index (Phi) is 17.0. The van der Waals surface area contributed by atoms with Gasteiger partial charge in [0.05, 0.1) is 24.7 Å². The summed E-state index contributed by atoms with van der Waals surface area (Å²) < 4.78 is 0. The van der Waals surface area contributed by atoms with Crippen molar-refractivity contribution in [3.8, 4) is 0 Å². The number of aliphatic hydroxyl groups excluding tert-OH is 3. The number of hydroxylamine groups is 1. The first kappa shape index (κ1) is 32.0. The summed E-state index contributed by atoms with van der Waals surface area (Å²) in [6.45, 7) is 6.04. The minimum atomic E-state index is -1.58. The van der Waals surface area contributed by atoms with Gasteiger partial charge in [0, 0.05) is 6.61 Å². The Balaban J connectivity index is 2.76. The fourth-order valence-corrected chi connectivity index (χ4v) is 4.22. The van der Waals surface area contributed by atoms with E-state index in [0.717, 1.165) is 24.8 Å². The molecule has 1 rings (SSSR count). The van der Waals surface area contributed by atoms with Gasteiger partial charge in [-0.3, -0.25) is 14.4 Å². The molecule has 4 atom stereocenters. The van der Waals surface area contributed by atoms with E-state index < -0.39 is 36.0 Å². The number of amides is 2. The molecule has 2 amide bonds. The Labute approximate surface area is 216 Å². The summed E-state index contributed by atoms with van der Waals surface area (Å²) in [6, 6.07) is 8.76. The molecule has 0 bridgehead atoms. The van der Waals surface area contributed by atoms with Crippen molar-refractivity contribution in [1.82, 2.24) is 10.8 Å². The molecule has 0 saturated carbocycles. The van der Waals surface area contributed by atoms with E-state index in [2.05, 4.69) is 17.7 Å². The van der Waals surface area contributed by atoms with Crippen molar-refractivity contribution >= 4 is 11.8 Å². The van der Waals surface area contributed by atoms with E-state index in [1.807, 2.05) is 44.2 Å². The molecule has 1 aromatic carbocycles. The van der Waals surface area contributed by atoms with Crippen LogP contribution in [0.15, 0.2) is 30.3 Å². The molecule has 1 aromatic rings. The maximum Gasteiger partial charge on any atom is 0.273 e. The van der Waals surface area contributed by atoms with E-state index in [9.17, 15) is 19.8 Å². The van der Waals surface area contributed by atoms with Gasteiger partial charge in [0.25, 0.3) is 5.91 Å². The first-order valence-corrected chi connectivity index (χ1v) is 13.5. The topological polar surface area (TPSA) is 128 Å². The molecule has 0 aromatic heterocycles. The SMILES string of the molecule is CCCCCCCCC[C@@H](C(=O)N[C@@H](C(C)C)[C@H](O)CCCO)[C@H](O)C(=O)NOCc1ccccc1. The molecule has 0 spiro atoms. The minimum Gasteiger partial charge on any atom is -0.396 e. The van der Waals surface area contributed by atoms with Crippen molar-refractivity contribution < 1.29 is 29.7 Å². The normalized spacial score (nSPS) is 14.8. The number of aliphatic hydroxyl groups is 3. The van der Waals surface area contributed by atoms with Gasteiger partial charge in [-0.25, -0.2) is 5.48 Å². The molecule has 0 aliphatic rings. The molecule has 5 N–H and O–H groups in total. The van der Waals surface area contributed by atoms with Crippen LogP contribution in [0.5, 0.6) is 0 Å². The molecule has 8 heteroatoms. The highest BCUT2D eigenvalue weighted by atomic mass is 16.7. The molecule has 0 radical (unpaired) electrons. The van der Waals surface area contributed by atoms with Crippen molar-refractivity contribution in [2.45, 2.75) is 110 Å². The largest absolute Gasteiger partial charge is 0.396 e. The Bertz CT molecular complexity index is 715. The number of hydrogen-bond donors (Lipinski definition) is 5. The lowest BCUT2D eigenvalue weighted by molar-refractivity contribution is -0.151. The maximum absolute atomic E-state index is 13.2. The second-order valence-electron chi connectivity index (χ2n) is 9.91. The van der Waals surface area contributed by atoms with Crippen LogP contribution >= 0.6 is 0 Å². The van der Waals surface area contributed by atoms with E-state index in [1.54, 1.807) is 0 Å². The maximum atomic E-state index is 13.2. The van der Waals surface area contributed by atoms with Gasteiger partial charge in [0.15, 0.2) is 0 Å². The minimum absolute atomic E-state index is 0.0431. The van der Waals surface area contributed by atoms with Crippen LogP contribution in [0.1, 0.15) is 90.5 Å². The quantitative estimate of drug-likeness (QED) is 0.135. The van der Waals surface area contributed by atoms with E-state index in [4.69, 9.17) is 9.94 Å². The predicted octanol–water partition coefficient (Wildman–Crippen LogP) is 3.63. The zero-order valence-corrected chi connectivity index (χ0v) is 22.3. The third-order valence-corrected chi connectivity index (χ3v) is 6.46. The van der Waals surface area contributed by atoms with Crippen LogP contribution in [0.2, 0.25) is 0 Å². The molecule has 0 fully saturated rings. The molecule has 0 saturated heterocycles. The van der Waals surface area contributed by atoms with E-state index in [-0.39, 0.29) is 19.1 Å². The molecule has 0 aliphatic heterocycles. The summed E-state index contributed by atoms with van der Waals surface area (Å²) in [5, 5.41) is 33.3. The van der Waals surface area contributed by atoms with Gasteiger partial charge in [-0.2, -0.15) is 0 Å². The lowest BCUT2D eigenvalue weighted by Gasteiger charge is -2.30. The monoisotopic (exact) mass is 508 g/mol. The van der Waals surface area contributed by atoms with Crippen molar-refractivity contribution in [2.75, 3.05) is 6.61 Å². The fraction of sp³-hybridized carbons (Fsp3) is 0.714. The molecular weight excluding hydrogens is 460 g/mol. The Morgan fingerprint density at radius 1 is 0.889 bits per heavy atom. The van der Waals surface area contributed by atoms with Crippen LogP contribution in [-0.2, 0) is 21.0 Å². The predicted molar refractivity (Wildman–Crippen MR) is 141 cm³/mol. The van der Waals surface area contributed by atoms with Crippen LogP contribution < -0.4 is 10.8 Å². The van der Waals surface area contributed by atoms with E-state index in [1.165, 1.54) is 19.3 Å². The van der Waals surface area contributed by atoms with Gasteiger partial charge >= 0.3 is 0 Å². The zero-order valence-electron chi connectivity index (χ0n) is 22.3. The number of rotatable bonds is 20. The lowest BCUT2D eigenvalue weighted by Crippen LogP contribution is -2.52. The molecule has 0 aliphatic carbocycles. The van der Waals surface area contributed by atoms with Gasteiger partial charge in [-0.15, -0.1) is 0 Å². The van der Waals surface area contributed by atoms with Crippen LogP contribution in [0, 0.1) is 11.8 Å². The van der Waals surface area contributed by atoms with Gasteiger partial charge in [-0.05, 0) is 30.7 Å². The van der Waals surface area contributed by atoms with Crippen LogP contribution in [-0.4, -0.2) is 52.0 Å². The Morgan fingerprint density at radius 3 is 2.14 bits per heavy atom. The second-order valence-corrected chi connectivity index (χ2v) is 9.91. The summed E-state index contributed by atoms with van der Waals surface area (Å²) in [5.74, 6) is -2.27. The van der Waals surface area contributed by atoms with Crippen LogP contribution in [0.3, 0.4) is 0 Å². The number of nitrogens with one attached hydrogen (secondary N) is 2. The summed E-state index contributed by atoms with van der Waals surface area (Å²) >= 11 is 0. The number of carbonyl (C=O) groups is 2. The Morgan fingerprint density at radius 2 is 1.53 bits per heavy atom. The summed E-state index contributed by atoms with van der Waals surface area (Å²) in [5.41, 5.74) is 3.13. The van der Waals surface area contributed by atoms with Crippen molar-refractivity contribution in [1.29, 1.82) is 0 Å². The third kappa shape index (κ3) is 12.8. The number of carbonyl (C=O) groups excluding carboxylic acids is 2. The molecule has 8 nitrogen and oxygen atoms in total. The van der Waals surface area contributed by atoms with Gasteiger partial charge in [-0.1, -0.05) is 96.0 Å². The summed E-state index contributed by atoms with van der Waals surface area (Å²) in [7, 11) is 0. The summed E-state index contributed by atoms with van der Waals surface area (Å²) in [4.78, 5) is 31.1. The average Bonchev–Trinajstić information content (AvgIpc) is 2.87. The lowest BCUT2D eigenvalue weighted by atomic mass is 9.90. The molecule has 206 valence electrons. The number of unbranched alkanes of at least 4 members (excludes halogenated alkanes) is 6.